The average molecular weight is 493 g/mol. The number of nitriles is 1. The van der Waals surface area contributed by atoms with E-state index < -0.39 is 27.8 Å². The number of sulfonamides is 1. The summed E-state index contributed by atoms with van der Waals surface area (Å²) in [5, 5.41) is 21.4. The van der Waals surface area contributed by atoms with Crippen LogP contribution in [0.1, 0.15) is 37.1 Å². The van der Waals surface area contributed by atoms with Crippen molar-refractivity contribution in [3.8, 4) is 28.7 Å². The Bertz CT molecular complexity index is 1410. The minimum atomic E-state index is -4.34. The number of hydrogen-bond acceptors (Lipinski definition) is 7. The van der Waals surface area contributed by atoms with Crippen LogP contribution in [-0.4, -0.2) is 25.1 Å². The number of aliphatic hydroxyl groups is 1. The van der Waals surface area contributed by atoms with Gasteiger partial charge in [-0.25, -0.2) is 17.9 Å². The molecule has 3 aromatic rings. The van der Waals surface area contributed by atoms with Crippen molar-refractivity contribution in [1.29, 1.82) is 5.26 Å². The highest BCUT2D eigenvalue weighted by atomic mass is 32.2. The zero-order valence-electron chi connectivity index (χ0n) is 18.9. The maximum atomic E-state index is 13.0. The van der Waals surface area contributed by atoms with Gasteiger partial charge in [0, 0.05) is 5.54 Å². The van der Waals surface area contributed by atoms with Gasteiger partial charge in [-0.3, -0.25) is 0 Å². The highest BCUT2D eigenvalue weighted by molar-refractivity contribution is 7.90. The quantitative estimate of drug-likeness (QED) is 0.368. The lowest BCUT2D eigenvalue weighted by molar-refractivity contribution is 0.186. The summed E-state index contributed by atoms with van der Waals surface area (Å²) in [7, 11) is -4.34. The molecule has 4 rings (SSSR count). The normalized spacial score (nSPS) is 14.9. The molecule has 0 saturated heterocycles. The van der Waals surface area contributed by atoms with E-state index in [2.05, 4.69) is 5.32 Å². The molecule has 9 nitrogen and oxygen atoms in total. The number of nitrogens with one attached hydrogen (secondary N) is 2. The first-order valence-electron chi connectivity index (χ1n) is 10.8. The number of amides is 2. The van der Waals surface area contributed by atoms with Crippen LogP contribution in [0.25, 0.3) is 11.1 Å². The van der Waals surface area contributed by atoms with E-state index >= 15 is 0 Å². The molecule has 10 heteroatoms. The third-order valence-electron chi connectivity index (χ3n) is 5.65. The Morgan fingerprint density at radius 1 is 1.11 bits per heavy atom. The molecule has 180 valence electrons. The van der Waals surface area contributed by atoms with Crippen molar-refractivity contribution < 1.29 is 23.1 Å². The minimum absolute atomic E-state index is 0.0410. The van der Waals surface area contributed by atoms with Crippen LogP contribution in [0.5, 0.6) is 11.5 Å². The highest BCUT2D eigenvalue weighted by Crippen LogP contribution is 2.35. The Hall–Kier alpha value is -3.91. The van der Waals surface area contributed by atoms with E-state index in [1.54, 1.807) is 42.5 Å². The van der Waals surface area contributed by atoms with Gasteiger partial charge in [-0.2, -0.15) is 5.26 Å². The van der Waals surface area contributed by atoms with Crippen molar-refractivity contribution >= 4 is 16.1 Å². The van der Waals surface area contributed by atoms with E-state index in [0.29, 0.717) is 11.3 Å². The smallest absolute Gasteiger partial charge is 0.329 e. The monoisotopic (exact) mass is 492 g/mol. The Kier molecular flexibility index (Phi) is 6.49. The highest BCUT2D eigenvalue weighted by Gasteiger charge is 2.39. The zero-order valence-corrected chi connectivity index (χ0v) is 19.7. The van der Waals surface area contributed by atoms with Crippen LogP contribution in [0.4, 0.5) is 4.79 Å². The maximum Gasteiger partial charge on any atom is 0.329 e. The Morgan fingerprint density at radius 3 is 2.46 bits per heavy atom. The lowest BCUT2D eigenvalue weighted by Crippen LogP contribution is -2.44. The first-order chi connectivity index (χ1) is 16.6. The lowest BCUT2D eigenvalue weighted by Gasteiger charge is -2.16. The van der Waals surface area contributed by atoms with E-state index in [0.717, 1.165) is 30.0 Å². The number of carbonyl (C=O) groups excluding carboxylic acids is 1. The van der Waals surface area contributed by atoms with Gasteiger partial charge in [0.2, 0.25) is 0 Å². The van der Waals surface area contributed by atoms with Crippen molar-refractivity contribution in [1.82, 2.24) is 10.0 Å². The third kappa shape index (κ3) is 5.78. The molecule has 1 fully saturated rings. The van der Waals surface area contributed by atoms with Gasteiger partial charge in [0.1, 0.15) is 22.6 Å². The summed E-state index contributed by atoms with van der Waals surface area (Å²) in [6.45, 7) is 1.82. The average Bonchev–Trinajstić information content (AvgIpc) is 3.55. The van der Waals surface area contributed by atoms with Crippen molar-refractivity contribution in [2.24, 2.45) is 5.73 Å². The van der Waals surface area contributed by atoms with Crippen molar-refractivity contribution in [3.05, 3.63) is 77.9 Å². The summed E-state index contributed by atoms with van der Waals surface area (Å²) in [5.41, 5.74) is 7.36. The van der Waals surface area contributed by atoms with Crippen LogP contribution in [-0.2, 0) is 10.0 Å². The summed E-state index contributed by atoms with van der Waals surface area (Å²) in [6.07, 6.45) is 0.466. The fraction of sp³-hybridized carbons (Fsp3) is 0.200. The van der Waals surface area contributed by atoms with Crippen molar-refractivity contribution in [3.63, 3.8) is 0 Å². The molecule has 0 bridgehead atoms. The van der Waals surface area contributed by atoms with Gasteiger partial charge < -0.3 is 20.9 Å². The van der Waals surface area contributed by atoms with Gasteiger partial charge in [-0.05, 0) is 66.8 Å². The molecule has 0 aliphatic heterocycles. The van der Waals surface area contributed by atoms with E-state index in [1.165, 1.54) is 12.1 Å². The second-order valence-corrected chi connectivity index (χ2v) is 10.2. The number of carbonyl (C=O) groups is 1. The molecule has 1 atom stereocenters. The minimum Gasteiger partial charge on any atom is -0.456 e. The SMILES string of the molecule is CC1(NC(=O)NS(=O)(=O)c2cc(C#N)ccc2Oc2cccc(-c3ccc(C(N)O)cc3)c2)CC1. The number of aliphatic hydroxyl groups excluding tert-OH is 1. The lowest BCUT2D eigenvalue weighted by atomic mass is 10.0. The van der Waals surface area contributed by atoms with Crippen LogP contribution >= 0.6 is 0 Å². The van der Waals surface area contributed by atoms with Crippen LogP contribution in [0.3, 0.4) is 0 Å². The number of nitrogens with zero attached hydrogens (tertiary/aromatic N) is 1. The molecule has 0 aromatic heterocycles. The van der Waals surface area contributed by atoms with Gasteiger partial charge in [0.05, 0.1) is 11.6 Å². The van der Waals surface area contributed by atoms with Gasteiger partial charge in [0.15, 0.2) is 0 Å². The summed E-state index contributed by atoms with van der Waals surface area (Å²) >= 11 is 0. The second-order valence-electron chi connectivity index (χ2n) is 8.59. The van der Waals surface area contributed by atoms with Crippen LogP contribution in [0.2, 0.25) is 0 Å². The van der Waals surface area contributed by atoms with Gasteiger partial charge in [-0.1, -0.05) is 36.4 Å². The molecular weight excluding hydrogens is 468 g/mol. The second kappa shape index (κ2) is 9.38. The van der Waals surface area contributed by atoms with Crippen LogP contribution in [0.15, 0.2) is 71.6 Å². The van der Waals surface area contributed by atoms with E-state index in [-0.39, 0.29) is 16.2 Å². The molecule has 3 aromatic carbocycles. The molecule has 2 amide bonds. The third-order valence-corrected chi connectivity index (χ3v) is 7.00. The molecule has 0 spiro atoms. The Balaban J connectivity index is 1.61. The predicted octanol–water partition coefficient (Wildman–Crippen LogP) is 3.51. The maximum absolute atomic E-state index is 13.0. The predicted molar refractivity (Wildman–Crippen MR) is 129 cm³/mol. The molecule has 5 N–H and O–H groups in total. The van der Waals surface area contributed by atoms with Gasteiger partial charge in [-0.15, -0.1) is 0 Å². The van der Waals surface area contributed by atoms with Crippen LogP contribution < -0.4 is 20.5 Å². The standard InChI is InChI=1S/C25H24N4O5S/c1-25(11-12-25)28-24(31)29-35(32,33)22-13-16(15-26)5-10-21(22)34-20-4-2-3-19(14-20)17-6-8-18(9-7-17)23(27)30/h2-10,13-14,23,30H,11-12,27H2,1H3,(H2,28,29,31). The molecule has 1 aliphatic carbocycles. The zero-order chi connectivity index (χ0) is 25.2. The van der Waals surface area contributed by atoms with Gasteiger partial charge in [0.25, 0.3) is 10.0 Å². The number of nitrogens with two attached hydrogens (primary N) is 1. The molecule has 0 radical (unpaired) electrons. The number of benzene rings is 3. The fourth-order valence-electron chi connectivity index (χ4n) is 3.40. The number of rotatable bonds is 7. The summed E-state index contributed by atoms with van der Waals surface area (Å²) in [5.74, 6) is 0.308. The van der Waals surface area contributed by atoms with E-state index in [1.807, 2.05) is 23.8 Å². The van der Waals surface area contributed by atoms with Crippen molar-refractivity contribution in [2.45, 2.75) is 36.4 Å². The van der Waals surface area contributed by atoms with Gasteiger partial charge >= 0.3 is 6.03 Å². The largest absolute Gasteiger partial charge is 0.456 e. The van der Waals surface area contributed by atoms with Crippen molar-refractivity contribution in [2.75, 3.05) is 0 Å². The number of ether oxygens (including phenoxy) is 1. The number of urea groups is 1. The first-order valence-corrected chi connectivity index (χ1v) is 12.3. The molecular formula is C25H24N4O5S. The molecule has 1 aliphatic rings. The topological polar surface area (TPSA) is 155 Å². The van der Waals surface area contributed by atoms with E-state index in [4.69, 9.17) is 10.5 Å². The molecule has 0 heterocycles. The summed E-state index contributed by atoms with van der Waals surface area (Å²) < 4.78 is 33.9. The summed E-state index contributed by atoms with van der Waals surface area (Å²) in [6, 6.07) is 19.0. The molecule has 35 heavy (non-hydrogen) atoms. The Morgan fingerprint density at radius 2 is 1.83 bits per heavy atom. The fourth-order valence-corrected chi connectivity index (χ4v) is 4.46. The molecule has 1 unspecified atom stereocenters. The van der Waals surface area contributed by atoms with E-state index in [9.17, 15) is 23.6 Å². The van der Waals surface area contributed by atoms with Crippen LogP contribution in [0, 0.1) is 11.3 Å². The number of hydrogen-bond donors (Lipinski definition) is 4. The Labute approximate surface area is 203 Å². The summed E-state index contributed by atoms with van der Waals surface area (Å²) in [4.78, 5) is 11.9. The first kappa shape index (κ1) is 24.2. The molecule has 1 saturated carbocycles.